The third-order valence-electron chi connectivity index (χ3n) is 5.42. The molecule has 5 rings (SSSR count). The van der Waals surface area contributed by atoms with Crippen LogP contribution in [0.4, 0.5) is 14.5 Å². The summed E-state index contributed by atoms with van der Waals surface area (Å²) < 4.78 is 42.2. The molecule has 37 heavy (non-hydrogen) atoms. The summed E-state index contributed by atoms with van der Waals surface area (Å²) >= 11 is 3.37. The molecule has 0 fully saturated rings. The monoisotopic (exact) mass is 568 g/mol. The van der Waals surface area contributed by atoms with E-state index in [0.29, 0.717) is 22.7 Å². The van der Waals surface area contributed by atoms with E-state index in [1.807, 2.05) is 12.1 Å². The zero-order valence-corrected chi connectivity index (χ0v) is 20.9. The Morgan fingerprint density at radius 1 is 1.11 bits per heavy atom. The first kappa shape index (κ1) is 24.4. The Bertz CT molecular complexity index is 1570. The van der Waals surface area contributed by atoms with Gasteiger partial charge in [-0.05, 0) is 42.5 Å². The molecule has 0 bridgehead atoms. The Hall–Kier alpha value is -4.32. The normalized spacial score (nSPS) is 11.2. The number of rotatable bonds is 8. The highest BCUT2D eigenvalue weighted by Crippen LogP contribution is 2.32. The fraction of sp³-hybridized carbons (Fsp3) is 0.120. The number of amides is 1. The lowest BCUT2D eigenvalue weighted by atomic mass is 10.1. The van der Waals surface area contributed by atoms with Crippen LogP contribution in [-0.2, 0) is 6.73 Å². The van der Waals surface area contributed by atoms with Gasteiger partial charge in [0.15, 0.2) is 12.4 Å². The van der Waals surface area contributed by atoms with Gasteiger partial charge in [0.25, 0.3) is 12.3 Å². The SMILES string of the molecule is COc1ccccc1-c1cc(C(F)F)n2ncc(C(=O)Nc3cnn(COc4ccc(Br)cc4)c3)c2n1. The van der Waals surface area contributed by atoms with Crippen molar-refractivity contribution in [2.75, 3.05) is 12.4 Å². The number of halogens is 3. The third-order valence-corrected chi connectivity index (χ3v) is 5.95. The van der Waals surface area contributed by atoms with Gasteiger partial charge in [-0.2, -0.15) is 10.2 Å². The molecule has 0 aliphatic heterocycles. The Kier molecular flexibility index (Phi) is 6.82. The molecule has 0 radical (unpaired) electrons. The van der Waals surface area contributed by atoms with Crippen molar-refractivity contribution in [1.82, 2.24) is 24.4 Å². The number of hydrogen-bond donors (Lipinski definition) is 1. The number of ether oxygens (including phenoxy) is 2. The van der Waals surface area contributed by atoms with Crippen LogP contribution in [0, 0.1) is 0 Å². The molecule has 0 unspecified atom stereocenters. The molecule has 0 atom stereocenters. The van der Waals surface area contributed by atoms with Crippen molar-refractivity contribution in [1.29, 1.82) is 0 Å². The maximum atomic E-state index is 13.9. The van der Waals surface area contributed by atoms with Crippen LogP contribution in [0.15, 0.2) is 77.7 Å². The van der Waals surface area contributed by atoms with Crippen molar-refractivity contribution in [2.45, 2.75) is 13.2 Å². The molecule has 3 aromatic heterocycles. The van der Waals surface area contributed by atoms with E-state index >= 15 is 0 Å². The summed E-state index contributed by atoms with van der Waals surface area (Å²) in [5.74, 6) is 0.540. The van der Waals surface area contributed by atoms with Crippen LogP contribution in [0.3, 0.4) is 0 Å². The fourth-order valence-corrected chi connectivity index (χ4v) is 3.93. The molecule has 0 saturated carbocycles. The van der Waals surface area contributed by atoms with E-state index in [-0.39, 0.29) is 23.6 Å². The van der Waals surface area contributed by atoms with Crippen molar-refractivity contribution in [3.63, 3.8) is 0 Å². The summed E-state index contributed by atoms with van der Waals surface area (Å²) in [6, 6.07) is 15.5. The molecule has 12 heteroatoms. The van der Waals surface area contributed by atoms with E-state index in [1.54, 1.807) is 42.6 Å². The molecule has 1 amide bonds. The first-order valence-corrected chi connectivity index (χ1v) is 11.7. The minimum Gasteiger partial charge on any atom is -0.496 e. The predicted octanol–water partition coefficient (Wildman–Crippen LogP) is 5.59. The number of aromatic nitrogens is 5. The maximum Gasteiger partial charge on any atom is 0.280 e. The van der Waals surface area contributed by atoms with Gasteiger partial charge in [0.05, 0.1) is 37.1 Å². The number of anilines is 1. The highest BCUT2D eigenvalue weighted by molar-refractivity contribution is 9.10. The number of nitrogens with one attached hydrogen (secondary N) is 1. The first-order valence-electron chi connectivity index (χ1n) is 11.0. The maximum absolute atomic E-state index is 13.9. The topological polar surface area (TPSA) is 95.6 Å². The summed E-state index contributed by atoms with van der Waals surface area (Å²) in [6.45, 7) is 0.121. The minimum absolute atomic E-state index is 0.0119. The quantitative estimate of drug-likeness (QED) is 0.262. The zero-order chi connectivity index (χ0) is 25.9. The fourth-order valence-electron chi connectivity index (χ4n) is 3.66. The Balaban J connectivity index is 1.40. The van der Waals surface area contributed by atoms with Crippen molar-refractivity contribution in [2.24, 2.45) is 0 Å². The molecule has 188 valence electrons. The van der Waals surface area contributed by atoms with Gasteiger partial charge in [-0.25, -0.2) is 23.0 Å². The Morgan fingerprint density at radius 3 is 2.65 bits per heavy atom. The van der Waals surface area contributed by atoms with Crippen molar-refractivity contribution in [3.05, 3.63) is 88.9 Å². The molecule has 1 N–H and O–H groups in total. The summed E-state index contributed by atoms with van der Waals surface area (Å²) in [4.78, 5) is 17.5. The molecular formula is C25H19BrF2N6O3. The van der Waals surface area contributed by atoms with Crippen LogP contribution in [-0.4, -0.2) is 37.4 Å². The van der Waals surface area contributed by atoms with Crippen LogP contribution in [0.5, 0.6) is 11.5 Å². The summed E-state index contributed by atoms with van der Waals surface area (Å²) in [6.07, 6.45) is 1.39. The summed E-state index contributed by atoms with van der Waals surface area (Å²) in [5.41, 5.74) is 0.739. The average Bonchev–Trinajstić information content (AvgIpc) is 3.54. The first-order chi connectivity index (χ1) is 17.9. The lowest BCUT2D eigenvalue weighted by Gasteiger charge is -2.11. The number of carbonyl (C=O) groups is 1. The number of fused-ring (bicyclic) bond motifs is 1. The van der Waals surface area contributed by atoms with Crippen LogP contribution in [0.2, 0.25) is 0 Å². The van der Waals surface area contributed by atoms with E-state index in [2.05, 4.69) is 36.4 Å². The standard InChI is InChI=1S/C25H19BrF2N6O3/c1-36-22-5-3-2-4-18(22)20-10-21(23(27)28)34-24(32-20)19(12-30-34)25(35)31-16-11-29-33(13-16)14-37-17-8-6-15(26)7-9-17/h2-13,23H,14H2,1H3,(H,31,35). The largest absolute Gasteiger partial charge is 0.496 e. The van der Waals surface area contributed by atoms with Crippen LogP contribution >= 0.6 is 15.9 Å². The van der Waals surface area contributed by atoms with E-state index in [9.17, 15) is 13.6 Å². The second-order valence-electron chi connectivity index (χ2n) is 7.81. The molecule has 0 spiro atoms. The number of methoxy groups -OCH3 is 1. The van der Waals surface area contributed by atoms with E-state index in [1.165, 1.54) is 30.3 Å². The van der Waals surface area contributed by atoms with Gasteiger partial charge in [-0.1, -0.05) is 28.1 Å². The number of nitrogens with zero attached hydrogens (tertiary/aromatic N) is 5. The van der Waals surface area contributed by atoms with Gasteiger partial charge >= 0.3 is 0 Å². The highest BCUT2D eigenvalue weighted by atomic mass is 79.9. The van der Waals surface area contributed by atoms with Crippen molar-refractivity contribution in [3.8, 4) is 22.8 Å². The highest BCUT2D eigenvalue weighted by Gasteiger charge is 2.22. The summed E-state index contributed by atoms with van der Waals surface area (Å²) in [7, 11) is 1.48. The number of para-hydroxylation sites is 1. The number of carbonyl (C=O) groups excluding carboxylic acids is 1. The van der Waals surface area contributed by atoms with E-state index in [4.69, 9.17) is 9.47 Å². The lowest BCUT2D eigenvalue weighted by molar-refractivity contribution is 0.102. The van der Waals surface area contributed by atoms with Crippen LogP contribution in [0.25, 0.3) is 16.9 Å². The Morgan fingerprint density at radius 2 is 1.89 bits per heavy atom. The van der Waals surface area contributed by atoms with Gasteiger partial charge in [0, 0.05) is 10.0 Å². The van der Waals surface area contributed by atoms with E-state index in [0.717, 1.165) is 8.99 Å². The third kappa shape index (κ3) is 5.14. The molecule has 3 heterocycles. The molecule has 5 aromatic rings. The van der Waals surface area contributed by atoms with Gasteiger partial charge in [-0.15, -0.1) is 0 Å². The van der Waals surface area contributed by atoms with E-state index < -0.39 is 18.0 Å². The molecule has 0 aliphatic carbocycles. The number of benzene rings is 2. The second-order valence-corrected chi connectivity index (χ2v) is 8.73. The average molecular weight is 569 g/mol. The van der Waals surface area contributed by atoms with Crippen LogP contribution in [0.1, 0.15) is 22.5 Å². The molecular weight excluding hydrogens is 550 g/mol. The second kappa shape index (κ2) is 10.3. The van der Waals surface area contributed by atoms with Crippen molar-refractivity contribution >= 4 is 33.2 Å². The number of hydrogen-bond acceptors (Lipinski definition) is 6. The van der Waals surface area contributed by atoms with Gasteiger partial charge in [-0.3, -0.25) is 4.79 Å². The molecule has 9 nitrogen and oxygen atoms in total. The molecule has 2 aromatic carbocycles. The van der Waals surface area contributed by atoms with Gasteiger partial charge in [0.1, 0.15) is 22.8 Å². The number of alkyl halides is 2. The molecule has 0 saturated heterocycles. The Labute approximate surface area is 217 Å². The van der Waals surface area contributed by atoms with Crippen molar-refractivity contribution < 1.29 is 23.0 Å². The zero-order valence-electron chi connectivity index (χ0n) is 19.3. The predicted molar refractivity (Wildman–Crippen MR) is 135 cm³/mol. The van der Waals surface area contributed by atoms with Gasteiger partial charge < -0.3 is 14.8 Å². The van der Waals surface area contributed by atoms with Crippen LogP contribution < -0.4 is 14.8 Å². The minimum atomic E-state index is -2.85. The lowest BCUT2D eigenvalue weighted by Crippen LogP contribution is -2.12. The molecule has 0 aliphatic rings. The van der Waals surface area contributed by atoms with Gasteiger partial charge in [0.2, 0.25) is 0 Å². The summed E-state index contributed by atoms with van der Waals surface area (Å²) in [5, 5.41) is 10.9. The smallest absolute Gasteiger partial charge is 0.280 e.